The van der Waals surface area contributed by atoms with E-state index in [0.717, 1.165) is 12.3 Å². The molecular weight excluding hydrogens is 267 g/mol. The number of aromatic nitrogens is 1. The SMILES string of the molecule is Oc1cnc(I)cc1C(F)F. The summed E-state index contributed by atoms with van der Waals surface area (Å²) in [5.74, 6) is -0.458. The topological polar surface area (TPSA) is 33.1 Å². The van der Waals surface area contributed by atoms with E-state index in [1.54, 1.807) is 22.6 Å². The van der Waals surface area contributed by atoms with Crippen LogP contribution in [-0.4, -0.2) is 10.1 Å². The number of hydrogen-bond donors (Lipinski definition) is 1. The summed E-state index contributed by atoms with van der Waals surface area (Å²) in [5, 5.41) is 8.86. The van der Waals surface area contributed by atoms with Crippen molar-refractivity contribution in [1.82, 2.24) is 4.98 Å². The molecule has 0 saturated heterocycles. The Bertz CT molecular complexity index is 267. The monoisotopic (exact) mass is 271 g/mol. The van der Waals surface area contributed by atoms with Crippen LogP contribution in [0.25, 0.3) is 0 Å². The minimum atomic E-state index is -2.65. The lowest BCUT2D eigenvalue weighted by Crippen LogP contribution is -1.88. The van der Waals surface area contributed by atoms with E-state index in [9.17, 15) is 8.78 Å². The fraction of sp³-hybridized carbons (Fsp3) is 0.167. The standard InChI is InChI=1S/C6H4F2INO/c7-6(8)3-1-5(9)10-2-4(3)11/h1-2,6,11H. The second kappa shape index (κ2) is 3.29. The van der Waals surface area contributed by atoms with Crippen LogP contribution < -0.4 is 0 Å². The van der Waals surface area contributed by atoms with Gasteiger partial charge in [0.1, 0.15) is 9.45 Å². The molecule has 0 aliphatic rings. The van der Waals surface area contributed by atoms with Crippen molar-refractivity contribution in [2.75, 3.05) is 0 Å². The predicted octanol–water partition coefficient (Wildman–Crippen LogP) is 2.33. The van der Waals surface area contributed by atoms with Crippen LogP contribution in [0.3, 0.4) is 0 Å². The highest BCUT2D eigenvalue weighted by atomic mass is 127. The van der Waals surface area contributed by atoms with Gasteiger partial charge in [0.25, 0.3) is 6.43 Å². The van der Waals surface area contributed by atoms with E-state index in [4.69, 9.17) is 5.11 Å². The van der Waals surface area contributed by atoms with Crippen molar-refractivity contribution in [1.29, 1.82) is 0 Å². The Morgan fingerprint density at radius 3 is 2.64 bits per heavy atom. The summed E-state index contributed by atoms with van der Waals surface area (Å²) >= 11 is 1.80. The average Bonchev–Trinajstić information content (AvgIpc) is 1.94. The van der Waals surface area contributed by atoms with Gasteiger partial charge in [0.2, 0.25) is 0 Å². The third kappa shape index (κ3) is 1.98. The van der Waals surface area contributed by atoms with E-state index in [-0.39, 0.29) is 5.56 Å². The average molecular weight is 271 g/mol. The van der Waals surface area contributed by atoms with Gasteiger partial charge in [-0.25, -0.2) is 13.8 Å². The Morgan fingerprint density at radius 1 is 1.55 bits per heavy atom. The number of halogens is 3. The van der Waals surface area contributed by atoms with Crippen molar-refractivity contribution in [3.8, 4) is 5.75 Å². The smallest absolute Gasteiger partial charge is 0.267 e. The Hall–Kier alpha value is -0.460. The molecular formula is C6H4F2INO. The van der Waals surface area contributed by atoms with Crippen LogP contribution >= 0.6 is 22.6 Å². The minimum absolute atomic E-state index is 0.371. The van der Waals surface area contributed by atoms with Gasteiger partial charge in [-0.05, 0) is 28.7 Å². The quantitative estimate of drug-likeness (QED) is 0.628. The molecule has 11 heavy (non-hydrogen) atoms. The number of pyridine rings is 1. The van der Waals surface area contributed by atoms with Crippen molar-refractivity contribution in [3.63, 3.8) is 0 Å². The molecule has 0 aliphatic carbocycles. The maximum absolute atomic E-state index is 12.0. The van der Waals surface area contributed by atoms with Crippen LogP contribution in [0.5, 0.6) is 5.75 Å². The van der Waals surface area contributed by atoms with E-state index in [1.165, 1.54) is 0 Å². The summed E-state index contributed by atoms with van der Waals surface area (Å²) in [4.78, 5) is 3.63. The van der Waals surface area contributed by atoms with Crippen molar-refractivity contribution in [2.24, 2.45) is 0 Å². The van der Waals surface area contributed by atoms with Gasteiger partial charge in [-0.1, -0.05) is 0 Å². The fourth-order valence-electron chi connectivity index (χ4n) is 0.612. The molecule has 0 atom stereocenters. The molecule has 5 heteroatoms. The molecule has 0 aliphatic heterocycles. The first kappa shape index (κ1) is 8.63. The predicted molar refractivity (Wildman–Crippen MR) is 43.6 cm³/mol. The highest BCUT2D eigenvalue weighted by Gasteiger charge is 2.12. The summed E-state index contributed by atoms with van der Waals surface area (Å²) in [7, 11) is 0. The molecule has 0 spiro atoms. The van der Waals surface area contributed by atoms with Crippen LogP contribution in [0.1, 0.15) is 12.0 Å². The van der Waals surface area contributed by atoms with Crippen molar-refractivity contribution in [3.05, 3.63) is 21.5 Å². The number of hydrogen-bond acceptors (Lipinski definition) is 2. The fourth-order valence-corrected chi connectivity index (χ4v) is 1.09. The van der Waals surface area contributed by atoms with E-state index in [0.29, 0.717) is 3.70 Å². The molecule has 1 rings (SSSR count). The highest BCUT2D eigenvalue weighted by Crippen LogP contribution is 2.27. The lowest BCUT2D eigenvalue weighted by Gasteiger charge is -2.01. The van der Waals surface area contributed by atoms with Crippen LogP contribution in [0, 0.1) is 3.70 Å². The number of alkyl halides is 2. The molecule has 1 heterocycles. The summed E-state index contributed by atoms with van der Waals surface area (Å²) in [6, 6.07) is 1.15. The molecule has 0 fully saturated rings. The normalized spacial score (nSPS) is 10.5. The molecule has 0 aromatic carbocycles. The summed E-state index contributed by atoms with van der Waals surface area (Å²) in [6.45, 7) is 0. The maximum atomic E-state index is 12.0. The number of rotatable bonds is 1. The van der Waals surface area contributed by atoms with Gasteiger partial charge in [0.15, 0.2) is 0 Å². The van der Waals surface area contributed by atoms with Gasteiger partial charge in [-0.3, -0.25) is 0 Å². The first-order valence-electron chi connectivity index (χ1n) is 2.74. The maximum Gasteiger partial charge on any atom is 0.267 e. The zero-order valence-corrected chi connectivity index (χ0v) is 7.42. The molecule has 0 amide bonds. The Kier molecular flexibility index (Phi) is 2.58. The molecule has 1 aromatic rings. The first-order valence-corrected chi connectivity index (χ1v) is 3.81. The Morgan fingerprint density at radius 2 is 2.18 bits per heavy atom. The van der Waals surface area contributed by atoms with E-state index < -0.39 is 12.2 Å². The number of aromatic hydroxyl groups is 1. The lowest BCUT2D eigenvalue weighted by atomic mass is 10.2. The van der Waals surface area contributed by atoms with Gasteiger partial charge < -0.3 is 5.11 Å². The third-order valence-corrected chi connectivity index (χ3v) is 1.71. The van der Waals surface area contributed by atoms with Crippen LogP contribution in [0.2, 0.25) is 0 Å². The van der Waals surface area contributed by atoms with Gasteiger partial charge in [-0.2, -0.15) is 0 Å². The summed E-state index contributed by atoms with van der Waals surface area (Å²) in [5.41, 5.74) is -0.371. The second-order valence-electron chi connectivity index (χ2n) is 1.87. The molecule has 1 aromatic heterocycles. The van der Waals surface area contributed by atoms with Crippen molar-refractivity contribution in [2.45, 2.75) is 6.43 Å². The van der Waals surface area contributed by atoms with Crippen LogP contribution in [-0.2, 0) is 0 Å². The molecule has 2 nitrogen and oxygen atoms in total. The molecule has 0 saturated carbocycles. The second-order valence-corrected chi connectivity index (χ2v) is 2.97. The van der Waals surface area contributed by atoms with Crippen LogP contribution in [0.4, 0.5) is 8.78 Å². The van der Waals surface area contributed by atoms with Gasteiger partial charge in [-0.15, -0.1) is 0 Å². The van der Waals surface area contributed by atoms with Gasteiger partial charge in [0.05, 0.1) is 11.8 Å². The van der Waals surface area contributed by atoms with Crippen molar-refractivity contribution >= 4 is 22.6 Å². The Balaban J connectivity index is 3.13. The number of nitrogens with zero attached hydrogens (tertiary/aromatic N) is 1. The first-order chi connectivity index (χ1) is 5.11. The van der Waals surface area contributed by atoms with Crippen LogP contribution in [0.15, 0.2) is 12.3 Å². The molecule has 0 unspecified atom stereocenters. The molecule has 0 bridgehead atoms. The third-order valence-electron chi connectivity index (χ3n) is 1.12. The van der Waals surface area contributed by atoms with Crippen molar-refractivity contribution < 1.29 is 13.9 Å². The summed E-state index contributed by atoms with van der Waals surface area (Å²) < 4.78 is 24.5. The summed E-state index contributed by atoms with van der Waals surface area (Å²) in [6.07, 6.45) is -1.63. The minimum Gasteiger partial charge on any atom is -0.506 e. The van der Waals surface area contributed by atoms with E-state index in [1.807, 2.05) is 0 Å². The largest absolute Gasteiger partial charge is 0.506 e. The molecule has 1 N–H and O–H groups in total. The Labute approximate surface area is 75.4 Å². The highest BCUT2D eigenvalue weighted by molar-refractivity contribution is 14.1. The molecule has 0 radical (unpaired) electrons. The van der Waals surface area contributed by atoms with E-state index in [2.05, 4.69) is 4.98 Å². The zero-order chi connectivity index (χ0) is 8.43. The zero-order valence-electron chi connectivity index (χ0n) is 5.26. The molecule has 60 valence electrons. The van der Waals surface area contributed by atoms with Gasteiger partial charge in [0, 0.05) is 0 Å². The lowest BCUT2D eigenvalue weighted by molar-refractivity contribution is 0.147. The van der Waals surface area contributed by atoms with Gasteiger partial charge >= 0.3 is 0 Å². The van der Waals surface area contributed by atoms with E-state index >= 15 is 0 Å².